The van der Waals surface area contributed by atoms with Crippen molar-refractivity contribution in [1.29, 1.82) is 0 Å². The molecule has 0 aromatic rings. The summed E-state index contributed by atoms with van der Waals surface area (Å²) in [7, 11) is 0. The van der Waals surface area contributed by atoms with Crippen LogP contribution in [0.5, 0.6) is 0 Å². The average molecular weight is 172 g/mol. The van der Waals surface area contributed by atoms with Gasteiger partial charge in [0.25, 0.3) is 0 Å². The van der Waals surface area contributed by atoms with Crippen LogP contribution >= 0.6 is 0 Å². The maximum atomic E-state index is 11.0. The van der Waals surface area contributed by atoms with Crippen molar-refractivity contribution in [2.24, 2.45) is 16.0 Å². The van der Waals surface area contributed by atoms with Gasteiger partial charge in [0.05, 0.1) is 0 Å². The summed E-state index contributed by atoms with van der Waals surface area (Å²) in [5, 5.41) is 6.02. The minimum Gasteiger partial charge on any atom is -0.348 e. The second kappa shape index (κ2) is 5.22. The summed E-state index contributed by atoms with van der Waals surface area (Å²) in [6.07, 6.45) is 0. The number of nitrogens with zero attached hydrogens (tertiary/aromatic N) is 3. The van der Waals surface area contributed by atoms with E-state index < -0.39 is 12.1 Å². The molecule has 0 radical (unpaired) electrons. The number of amides is 4. The summed E-state index contributed by atoms with van der Waals surface area (Å²) in [6, 6.07) is -1.51. The lowest BCUT2D eigenvalue weighted by Crippen LogP contribution is -2.27. The molecule has 6 heteroatoms. The van der Waals surface area contributed by atoms with Crippen molar-refractivity contribution in [3.8, 4) is 0 Å². The van der Waals surface area contributed by atoms with Gasteiger partial charge < -0.3 is 10.6 Å². The van der Waals surface area contributed by atoms with Crippen LogP contribution in [0.3, 0.4) is 0 Å². The zero-order valence-electron chi connectivity index (χ0n) is 7.15. The van der Waals surface area contributed by atoms with Crippen LogP contribution in [0.25, 0.3) is 0 Å². The molecule has 0 rings (SSSR count). The molecule has 0 bridgehead atoms. The van der Waals surface area contributed by atoms with Crippen LogP contribution < -0.4 is 5.73 Å². The molecular formula is C6H12N4O2. The normalized spacial score (nSPS) is 10.2. The van der Waals surface area contributed by atoms with Crippen LogP contribution in [-0.2, 0) is 0 Å². The number of urea groups is 2. The van der Waals surface area contributed by atoms with E-state index in [-0.39, 0.29) is 0 Å². The molecule has 2 N–H and O–H groups in total. The van der Waals surface area contributed by atoms with E-state index in [4.69, 9.17) is 0 Å². The average Bonchev–Trinajstić information content (AvgIpc) is 2.03. The van der Waals surface area contributed by atoms with Gasteiger partial charge in [-0.05, 0) is 13.8 Å². The molecule has 6 nitrogen and oxygen atoms in total. The third-order valence-electron chi connectivity index (χ3n) is 1.27. The Morgan fingerprint density at radius 3 is 2.08 bits per heavy atom. The molecule has 4 amide bonds. The van der Waals surface area contributed by atoms with Crippen molar-refractivity contribution < 1.29 is 9.59 Å². The number of carbonyl (C=O) groups is 2. The van der Waals surface area contributed by atoms with Crippen LogP contribution in [0.1, 0.15) is 13.8 Å². The molecule has 0 unspecified atom stereocenters. The first kappa shape index (κ1) is 10.5. The molecule has 0 saturated heterocycles. The lowest BCUT2D eigenvalue weighted by atomic mass is 10.5. The Hall–Kier alpha value is -1.46. The van der Waals surface area contributed by atoms with Crippen LogP contribution in [0.2, 0.25) is 0 Å². The van der Waals surface area contributed by atoms with E-state index in [1.807, 2.05) is 0 Å². The van der Waals surface area contributed by atoms with Gasteiger partial charge >= 0.3 is 12.1 Å². The van der Waals surface area contributed by atoms with Crippen molar-refractivity contribution in [1.82, 2.24) is 4.90 Å². The van der Waals surface area contributed by atoms with Crippen LogP contribution in [0.4, 0.5) is 9.59 Å². The molecule has 0 heterocycles. The van der Waals surface area contributed by atoms with Crippen LogP contribution in [0.15, 0.2) is 10.2 Å². The fourth-order valence-electron chi connectivity index (χ4n) is 0.649. The van der Waals surface area contributed by atoms with E-state index >= 15 is 0 Å². The van der Waals surface area contributed by atoms with Crippen molar-refractivity contribution in [3.05, 3.63) is 0 Å². The largest absolute Gasteiger partial charge is 0.362 e. The Kier molecular flexibility index (Phi) is 4.59. The van der Waals surface area contributed by atoms with E-state index in [9.17, 15) is 9.59 Å². The molecule has 0 saturated carbocycles. The quantitative estimate of drug-likeness (QED) is 0.629. The Balaban J connectivity index is 4.10. The van der Waals surface area contributed by atoms with Crippen LogP contribution in [-0.4, -0.2) is 30.1 Å². The lowest BCUT2D eigenvalue weighted by molar-refractivity contribution is 0.211. The Morgan fingerprint density at radius 1 is 1.25 bits per heavy atom. The molecule has 0 atom stereocenters. The number of nitrogens with two attached hydrogens (primary N) is 1. The summed E-state index contributed by atoms with van der Waals surface area (Å²) in [5.41, 5.74) is 4.65. The molecule has 12 heavy (non-hydrogen) atoms. The Labute approximate surface area is 70.4 Å². The molecule has 0 fully saturated rings. The smallest absolute Gasteiger partial charge is 0.348 e. The fraction of sp³-hybridized carbons (Fsp3) is 0.667. The van der Waals surface area contributed by atoms with Crippen molar-refractivity contribution in [2.75, 3.05) is 13.1 Å². The highest BCUT2D eigenvalue weighted by molar-refractivity contribution is 5.78. The highest BCUT2D eigenvalue weighted by atomic mass is 16.2. The predicted octanol–water partition coefficient (Wildman–Crippen LogP) is 0.979. The van der Waals surface area contributed by atoms with E-state index in [0.29, 0.717) is 13.1 Å². The third-order valence-corrected chi connectivity index (χ3v) is 1.27. The number of carbonyl (C=O) groups excluding carboxylic acids is 2. The minimum absolute atomic E-state index is 0.535. The Bertz CT molecular complexity index is 198. The van der Waals surface area contributed by atoms with Crippen molar-refractivity contribution in [3.63, 3.8) is 0 Å². The van der Waals surface area contributed by atoms with Gasteiger partial charge in [-0.2, -0.15) is 0 Å². The number of hydrogen-bond donors (Lipinski definition) is 1. The maximum Gasteiger partial charge on any atom is 0.362 e. The van der Waals surface area contributed by atoms with E-state index in [0.717, 1.165) is 0 Å². The molecule has 0 aromatic carbocycles. The molecular weight excluding hydrogens is 160 g/mol. The second-order valence-electron chi connectivity index (χ2n) is 1.99. The molecule has 0 aromatic heterocycles. The molecule has 0 aliphatic carbocycles. The zero-order chi connectivity index (χ0) is 9.56. The molecule has 0 aliphatic heterocycles. The summed E-state index contributed by atoms with van der Waals surface area (Å²) in [5.74, 6) is 0. The van der Waals surface area contributed by atoms with E-state index in [1.165, 1.54) is 4.90 Å². The number of rotatable bonds is 2. The first-order valence-corrected chi connectivity index (χ1v) is 3.61. The van der Waals surface area contributed by atoms with Gasteiger partial charge in [-0.15, -0.1) is 0 Å². The fourth-order valence-corrected chi connectivity index (χ4v) is 0.649. The second-order valence-corrected chi connectivity index (χ2v) is 1.99. The summed E-state index contributed by atoms with van der Waals surface area (Å²) < 4.78 is 0. The SMILES string of the molecule is CCN(CC)C(=O)N=NC(N)=O. The standard InChI is InChI=1S/C6H12N4O2/c1-3-10(4-2)6(12)9-8-5(7)11/h3-4H2,1-2H3,(H2,7,11). The zero-order valence-corrected chi connectivity index (χ0v) is 7.15. The first-order chi connectivity index (χ1) is 5.61. The lowest BCUT2D eigenvalue weighted by Gasteiger charge is -2.13. The number of hydrogen-bond acceptors (Lipinski definition) is 2. The molecule has 68 valence electrons. The van der Waals surface area contributed by atoms with Crippen LogP contribution in [0, 0.1) is 0 Å². The maximum absolute atomic E-state index is 11.0. The van der Waals surface area contributed by atoms with Gasteiger partial charge in [0.1, 0.15) is 0 Å². The summed E-state index contributed by atoms with van der Waals surface area (Å²) >= 11 is 0. The van der Waals surface area contributed by atoms with Gasteiger partial charge in [0.15, 0.2) is 0 Å². The first-order valence-electron chi connectivity index (χ1n) is 3.61. The number of azo groups is 1. The summed E-state index contributed by atoms with van der Waals surface area (Å²) in [6.45, 7) is 4.68. The topological polar surface area (TPSA) is 88.1 Å². The summed E-state index contributed by atoms with van der Waals surface area (Å²) in [4.78, 5) is 22.5. The third kappa shape index (κ3) is 3.65. The van der Waals surface area contributed by atoms with E-state index in [1.54, 1.807) is 13.8 Å². The number of primary amides is 1. The van der Waals surface area contributed by atoms with Gasteiger partial charge in [-0.1, -0.05) is 10.2 Å². The van der Waals surface area contributed by atoms with Crippen molar-refractivity contribution >= 4 is 12.1 Å². The molecule has 0 aliphatic rings. The highest BCUT2D eigenvalue weighted by Gasteiger charge is 2.07. The van der Waals surface area contributed by atoms with Gasteiger partial charge in [0, 0.05) is 13.1 Å². The van der Waals surface area contributed by atoms with Gasteiger partial charge in [0.2, 0.25) is 0 Å². The monoisotopic (exact) mass is 172 g/mol. The highest BCUT2D eigenvalue weighted by Crippen LogP contribution is 1.92. The van der Waals surface area contributed by atoms with Gasteiger partial charge in [-0.25, -0.2) is 9.59 Å². The Morgan fingerprint density at radius 2 is 1.75 bits per heavy atom. The molecule has 0 spiro atoms. The minimum atomic E-state index is -0.962. The van der Waals surface area contributed by atoms with E-state index in [2.05, 4.69) is 16.0 Å². The predicted molar refractivity (Wildman–Crippen MR) is 42.8 cm³/mol. The van der Waals surface area contributed by atoms with Gasteiger partial charge in [-0.3, -0.25) is 0 Å². The van der Waals surface area contributed by atoms with Crippen molar-refractivity contribution in [2.45, 2.75) is 13.8 Å².